The molecule has 1 fully saturated rings. The molecule has 3 aliphatic rings. The number of unbranched alkanes of at least 4 members (excludes halogenated alkanes) is 2. The average molecular weight is 822 g/mol. The van der Waals surface area contributed by atoms with Crippen molar-refractivity contribution in [2.45, 2.75) is 76.0 Å². The number of rotatable bonds is 25. The van der Waals surface area contributed by atoms with Crippen molar-refractivity contribution in [3.8, 4) is 17.2 Å². The van der Waals surface area contributed by atoms with E-state index in [2.05, 4.69) is 19.2 Å². The van der Waals surface area contributed by atoms with E-state index in [0.29, 0.717) is 48.8 Å². The maximum atomic E-state index is 14.3. The van der Waals surface area contributed by atoms with E-state index in [0.717, 1.165) is 36.8 Å². The molecule has 0 spiro atoms. The van der Waals surface area contributed by atoms with E-state index in [4.69, 9.17) is 33.7 Å². The number of nitrogens with zero attached hydrogens (tertiary/aromatic N) is 3. The molecule has 6 atom stereocenters. The monoisotopic (exact) mass is 821 g/mol. The van der Waals surface area contributed by atoms with E-state index in [1.165, 1.54) is 12.1 Å². The minimum atomic E-state index is -1.52. The molecule has 59 heavy (non-hydrogen) atoms. The van der Waals surface area contributed by atoms with Gasteiger partial charge in [0.25, 0.3) is 5.69 Å². The fourth-order valence-corrected chi connectivity index (χ4v) is 8.67. The van der Waals surface area contributed by atoms with Gasteiger partial charge in [-0.3, -0.25) is 15.0 Å². The highest BCUT2D eigenvalue weighted by atomic mass is 16.7. The lowest BCUT2D eigenvalue weighted by Gasteiger charge is -2.59. The van der Waals surface area contributed by atoms with Crippen LogP contribution in [-0.2, 0) is 19.0 Å². The number of aliphatic hydroxyl groups excluding tert-OH is 3. The van der Waals surface area contributed by atoms with Crippen molar-refractivity contribution in [3.63, 3.8) is 0 Å². The summed E-state index contributed by atoms with van der Waals surface area (Å²) in [7, 11) is 0. The quantitative estimate of drug-likeness (QED) is 0.0400. The number of nitro benzene ring substituents is 1. The molecular weight excluding hydrogens is 762 g/mol. The van der Waals surface area contributed by atoms with Gasteiger partial charge in [-0.15, -0.1) is 13.2 Å². The van der Waals surface area contributed by atoms with Gasteiger partial charge in [-0.2, -0.15) is 0 Å². The molecule has 1 amide bonds. The summed E-state index contributed by atoms with van der Waals surface area (Å²) < 4.78 is 31.9. The normalized spacial score (nSPS) is 23.6. The second kappa shape index (κ2) is 22.5. The van der Waals surface area contributed by atoms with Gasteiger partial charge in [-0.25, -0.2) is 4.79 Å². The zero-order valence-corrected chi connectivity index (χ0v) is 34.0. The lowest BCUT2D eigenvalue weighted by molar-refractivity contribution is -0.384. The van der Waals surface area contributed by atoms with E-state index in [1.807, 2.05) is 13.0 Å². The predicted octanol–water partition coefficient (Wildman–Crippen LogP) is 7.06. The second-order valence-corrected chi connectivity index (χ2v) is 14.8. The first-order chi connectivity index (χ1) is 28.8. The van der Waals surface area contributed by atoms with E-state index < -0.39 is 28.8 Å². The summed E-state index contributed by atoms with van der Waals surface area (Å²) in [4.78, 5) is 32.7. The van der Waals surface area contributed by atoms with Crippen LogP contribution in [0.5, 0.6) is 17.2 Å². The first kappa shape index (κ1) is 45.3. The van der Waals surface area contributed by atoms with Gasteiger partial charge < -0.3 is 43.8 Å². The third-order valence-corrected chi connectivity index (χ3v) is 11.1. The molecule has 1 heterocycles. The second-order valence-electron chi connectivity index (χ2n) is 14.8. The number of amides is 1. The van der Waals surface area contributed by atoms with Crippen molar-refractivity contribution in [2.24, 2.45) is 22.9 Å². The van der Waals surface area contributed by atoms with Crippen LogP contribution < -0.4 is 9.47 Å². The Kier molecular flexibility index (Phi) is 17.3. The number of benzene rings is 2. The minimum Gasteiger partial charge on any atom is -0.459 e. The van der Waals surface area contributed by atoms with Gasteiger partial charge in [0, 0.05) is 43.7 Å². The number of ether oxygens (including phenoxy) is 5. The van der Waals surface area contributed by atoms with Gasteiger partial charge in [0.05, 0.1) is 55.7 Å². The summed E-state index contributed by atoms with van der Waals surface area (Å²) in [5.74, 6) is -1.20. The van der Waals surface area contributed by atoms with Gasteiger partial charge in [0.15, 0.2) is 0 Å². The number of non-ortho nitro benzene ring substituents is 1. The van der Waals surface area contributed by atoms with Crippen LogP contribution in [0.25, 0.3) is 0 Å². The highest BCUT2D eigenvalue weighted by Crippen LogP contribution is 2.62. The van der Waals surface area contributed by atoms with Crippen LogP contribution in [0.15, 0.2) is 84.6 Å². The summed E-state index contributed by atoms with van der Waals surface area (Å²) in [6, 6.07) is 10.6. The molecule has 0 radical (unpaired) electrons. The molecule has 3 N–H and O–H groups in total. The molecule has 0 bridgehead atoms. The highest BCUT2D eigenvalue weighted by Gasteiger charge is 2.65. The van der Waals surface area contributed by atoms with Crippen LogP contribution >= 0.6 is 0 Å². The third kappa shape index (κ3) is 10.9. The molecule has 2 aliphatic carbocycles. The molecule has 15 heteroatoms. The number of hydrogen-bond donors (Lipinski definition) is 3. The first-order valence-electron chi connectivity index (χ1n) is 20.6. The SMILES string of the molecule is C=CCCOC(=O)N(CCOCCO)C1CC(=NOCC)C2=CC(CCCCO)C(CCCCO)C3c4cc(Oc5cccc([N+](=O)[O-])c5)ccc4OC1(OCC=C)C23. The van der Waals surface area contributed by atoms with Crippen molar-refractivity contribution < 1.29 is 53.6 Å². The van der Waals surface area contributed by atoms with Gasteiger partial charge in [0.1, 0.15) is 29.9 Å². The topological polar surface area (TPSA) is 192 Å². The number of carbonyl (C=O) groups is 1. The molecule has 1 saturated carbocycles. The molecule has 15 nitrogen and oxygen atoms in total. The molecule has 0 aromatic heterocycles. The fourth-order valence-electron chi connectivity index (χ4n) is 8.67. The number of hydrogen-bond acceptors (Lipinski definition) is 13. The maximum Gasteiger partial charge on any atom is 0.410 e. The first-order valence-corrected chi connectivity index (χ1v) is 20.6. The number of allylic oxidation sites excluding steroid dienone is 1. The van der Waals surface area contributed by atoms with E-state index >= 15 is 0 Å². The minimum absolute atomic E-state index is 0.0103. The van der Waals surface area contributed by atoms with Crippen molar-refractivity contribution in [1.82, 2.24) is 4.90 Å². The van der Waals surface area contributed by atoms with Gasteiger partial charge in [-0.05, 0) is 80.7 Å². The molecule has 5 rings (SSSR count). The van der Waals surface area contributed by atoms with Crippen molar-refractivity contribution in [3.05, 3.63) is 95.1 Å². The lowest BCUT2D eigenvalue weighted by atomic mass is 9.55. The van der Waals surface area contributed by atoms with Crippen molar-refractivity contribution in [1.29, 1.82) is 0 Å². The molecule has 6 unspecified atom stereocenters. The molecule has 2 aromatic carbocycles. The number of aliphatic hydroxyl groups is 3. The molecular formula is C44H59N3O12. The summed E-state index contributed by atoms with van der Waals surface area (Å²) in [5, 5.41) is 45.5. The number of fused-ring (bicyclic) bond motifs is 2. The Morgan fingerprint density at radius 2 is 1.80 bits per heavy atom. The summed E-state index contributed by atoms with van der Waals surface area (Å²) >= 11 is 0. The van der Waals surface area contributed by atoms with Crippen LogP contribution in [0.1, 0.15) is 69.8 Å². The Hall–Kier alpha value is -4.80. The molecule has 1 aliphatic heterocycles. The Bertz CT molecular complexity index is 1780. The predicted molar refractivity (Wildman–Crippen MR) is 221 cm³/mol. The standard InChI is InChI=1S/C44H59N3O12/c1-4-7-24-55-43(51)46(19-25-54-26-22-50)40-30-38(45-57-6-3)36-27-31(13-8-10-20-48)35(16-9-11-21-49)41-37-29-34(58-33-15-12-14-32(28-33)47(52)53)17-18-39(37)59-44(40,42(36)41)56-23-5-2/h4-5,12,14-15,17-18,27-29,31,35,40-42,48-50H,1-2,6-11,13,16,19-26,30H2,3H3. The molecule has 0 saturated heterocycles. The molecule has 322 valence electrons. The summed E-state index contributed by atoms with van der Waals surface area (Å²) in [6.45, 7) is 10.2. The molecule has 2 aromatic rings. The van der Waals surface area contributed by atoms with Crippen LogP contribution in [-0.4, -0.2) is 108 Å². The zero-order valence-electron chi connectivity index (χ0n) is 34.0. The van der Waals surface area contributed by atoms with Crippen LogP contribution in [0.4, 0.5) is 10.5 Å². The Balaban J connectivity index is 1.76. The van der Waals surface area contributed by atoms with E-state index in [-0.39, 0.29) is 82.7 Å². The smallest absolute Gasteiger partial charge is 0.410 e. The number of oxime groups is 1. The van der Waals surface area contributed by atoms with Crippen LogP contribution in [0, 0.1) is 27.9 Å². The van der Waals surface area contributed by atoms with E-state index in [9.17, 15) is 30.2 Å². The fraction of sp³-hybridized carbons (Fsp3) is 0.545. The highest BCUT2D eigenvalue weighted by molar-refractivity contribution is 6.03. The lowest BCUT2D eigenvalue weighted by Crippen LogP contribution is -2.70. The zero-order chi connectivity index (χ0) is 42.2. The average Bonchev–Trinajstić information content (AvgIpc) is 3.24. The van der Waals surface area contributed by atoms with Gasteiger partial charge in [-0.1, -0.05) is 42.3 Å². The van der Waals surface area contributed by atoms with E-state index in [1.54, 1.807) is 41.3 Å². The largest absolute Gasteiger partial charge is 0.459 e. The maximum absolute atomic E-state index is 14.3. The summed E-state index contributed by atoms with van der Waals surface area (Å²) in [6.07, 6.45) is 9.79. The van der Waals surface area contributed by atoms with Gasteiger partial charge in [0.2, 0.25) is 5.79 Å². The Morgan fingerprint density at radius 1 is 1.02 bits per heavy atom. The summed E-state index contributed by atoms with van der Waals surface area (Å²) in [5.41, 5.74) is 2.21. The Morgan fingerprint density at radius 3 is 2.51 bits per heavy atom. The Labute approximate surface area is 346 Å². The van der Waals surface area contributed by atoms with Crippen molar-refractivity contribution >= 4 is 17.5 Å². The number of nitro groups is 1. The van der Waals surface area contributed by atoms with Gasteiger partial charge >= 0.3 is 6.09 Å². The van der Waals surface area contributed by atoms with Crippen molar-refractivity contribution in [2.75, 3.05) is 59.4 Å². The van der Waals surface area contributed by atoms with Crippen LogP contribution in [0.2, 0.25) is 0 Å². The van der Waals surface area contributed by atoms with Crippen LogP contribution in [0.3, 0.4) is 0 Å². The number of carbonyl (C=O) groups excluding carboxylic acids is 1. The third-order valence-electron chi connectivity index (χ3n) is 11.1.